The highest BCUT2D eigenvalue weighted by Gasteiger charge is 2.40. The standard InChI is InChI=1S/C19H34N2O5/c1-12(2)14(20-17(24)26-19(6,7)8)15(22)21-11-9-10-13(21)16(23)25-18(3,4)5/h12-14H,9-11H2,1-8H3,(H,20,24)/t13-,14-/m0/s1. The smallest absolute Gasteiger partial charge is 0.408 e. The minimum Gasteiger partial charge on any atom is -0.458 e. The highest BCUT2D eigenvalue weighted by molar-refractivity contribution is 5.90. The molecular weight excluding hydrogens is 336 g/mol. The summed E-state index contributed by atoms with van der Waals surface area (Å²) in [6.07, 6.45) is 0.655. The predicted octanol–water partition coefficient (Wildman–Crippen LogP) is 2.87. The van der Waals surface area contributed by atoms with Crippen LogP contribution >= 0.6 is 0 Å². The molecule has 0 aliphatic carbocycles. The van der Waals surface area contributed by atoms with Crippen molar-refractivity contribution in [3.8, 4) is 0 Å². The van der Waals surface area contributed by atoms with Crippen molar-refractivity contribution < 1.29 is 23.9 Å². The minimum absolute atomic E-state index is 0.144. The molecule has 7 heteroatoms. The first-order valence-electron chi connectivity index (χ1n) is 9.24. The molecule has 26 heavy (non-hydrogen) atoms. The number of ether oxygens (including phenoxy) is 2. The lowest BCUT2D eigenvalue weighted by atomic mass is 10.0. The third-order valence-electron chi connectivity index (χ3n) is 3.82. The van der Waals surface area contributed by atoms with Gasteiger partial charge in [-0.1, -0.05) is 13.8 Å². The van der Waals surface area contributed by atoms with E-state index in [1.165, 1.54) is 4.90 Å². The maximum absolute atomic E-state index is 13.0. The van der Waals surface area contributed by atoms with Gasteiger partial charge < -0.3 is 19.7 Å². The van der Waals surface area contributed by atoms with E-state index in [-0.39, 0.29) is 11.8 Å². The van der Waals surface area contributed by atoms with Gasteiger partial charge in [-0.3, -0.25) is 4.79 Å². The molecule has 1 saturated heterocycles. The largest absolute Gasteiger partial charge is 0.458 e. The van der Waals surface area contributed by atoms with E-state index in [9.17, 15) is 14.4 Å². The van der Waals surface area contributed by atoms with Crippen molar-refractivity contribution in [2.75, 3.05) is 6.54 Å². The highest BCUT2D eigenvalue weighted by Crippen LogP contribution is 2.23. The minimum atomic E-state index is -0.757. The molecule has 1 rings (SSSR count). The van der Waals surface area contributed by atoms with E-state index in [0.717, 1.165) is 6.42 Å². The fourth-order valence-electron chi connectivity index (χ4n) is 2.77. The Labute approximate surface area is 156 Å². The number of hydrogen-bond acceptors (Lipinski definition) is 5. The van der Waals surface area contributed by atoms with Gasteiger partial charge in [0.2, 0.25) is 5.91 Å². The lowest BCUT2D eigenvalue weighted by Gasteiger charge is -2.32. The summed E-state index contributed by atoms with van der Waals surface area (Å²) in [5, 5.41) is 2.65. The second kappa shape index (κ2) is 8.27. The van der Waals surface area contributed by atoms with Gasteiger partial charge in [0.1, 0.15) is 23.3 Å². The number of alkyl carbamates (subject to hydrolysis) is 1. The number of carbonyl (C=O) groups is 3. The molecule has 1 heterocycles. The quantitative estimate of drug-likeness (QED) is 0.769. The fraction of sp³-hybridized carbons (Fsp3) is 0.842. The van der Waals surface area contributed by atoms with Gasteiger partial charge in [0.05, 0.1) is 0 Å². The number of nitrogens with zero attached hydrogens (tertiary/aromatic N) is 1. The Kier molecular flexibility index (Phi) is 7.08. The summed E-state index contributed by atoms with van der Waals surface area (Å²) in [6.45, 7) is 14.8. The number of amides is 2. The van der Waals surface area contributed by atoms with E-state index in [0.29, 0.717) is 13.0 Å². The summed E-state index contributed by atoms with van der Waals surface area (Å²) < 4.78 is 10.7. The zero-order valence-electron chi connectivity index (χ0n) is 17.3. The molecule has 0 radical (unpaired) electrons. The Bertz CT molecular complexity index is 527. The maximum atomic E-state index is 13.0. The van der Waals surface area contributed by atoms with E-state index in [1.807, 2.05) is 13.8 Å². The van der Waals surface area contributed by atoms with E-state index in [2.05, 4.69) is 5.32 Å². The van der Waals surface area contributed by atoms with Crippen molar-refractivity contribution >= 4 is 18.0 Å². The second-order valence-electron chi connectivity index (χ2n) is 9.09. The third-order valence-corrected chi connectivity index (χ3v) is 3.82. The Morgan fingerprint density at radius 1 is 1.00 bits per heavy atom. The van der Waals surface area contributed by atoms with Crippen LogP contribution in [0.2, 0.25) is 0 Å². The topological polar surface area (TPSA) is 84.9 Å². The molecule has 0 aromatic carbocycles. The predicted molar refractivity (Wildman–Crippen MR) is 98.6 cm³/mol. The second-order valence-corrected chi connectivity index (χ2v) is 9.09. The van der Waals surface area contributed by atoms with Crippen LogP contribution in [0.5, 0.6) is 0 Å². The molecule has 0 saturated carbocycles. The molecule has 1 fully saturated rings. The van der Waals surface area contributed by atoms with Crippen molar-refractivity contribution in [2.24, 2.45) is 5.92 Å². The zero-order chi connectivity index (χ0) is 20.3. The summed E-state index contributed by atoms with van der Waals surface area (Å²) in [5.74, 6) is -0.822. The summed E-state index contributed by atoms with van der Waals surface area (Å²) in [5.41, 5.74) is -1.26. The number of hydrogen-bond donors (Lipinski definition) is 1. The Morgan fingerprint density at radius 3 is 2.00 bits per heavy atom. The molecule has 0 aromatic heterocycles. The molecule has 1 aliphatic rings. The van der Waals surface area contributed by atoms with Crippen LogP contribution in [0.1, 0.15) is 68.2 Å². The Hall–Kier alpha value is -1.79. The number of nitrogens with one attached hydrogen (secondary N) is 1. The van der Waals surface area contributed by atoms with Crippen molar-refractivity contribution in [2.45, 2.75) is 91.5 Å². The molecule has 2 amide bonds. The van der Waals surface area contributed by atoms with Crippen LogP contribution in [0.25, 0.3) is 0 Å². The Morgan fingerprint density at radius 2 is 1.54 bits per heavy atom. The zero-order valence-corrected chi connectivity index (χ0v) is 17.3. The van der Waals surface area contributed by atoms with Crippen LogP contribution in [-0.2, 0) is 19.1 Å². The average molecular weight is 370 g/mol. The van der Waals surface area contributed by atoms with Gasteiger partial charge in [-0.15, -0.1) is 0 Å². The van der Waals surface area contributed by atoms with Gasteiger partial charge in [0, 0.05) is 6.54 Å². The van der Waals surface area contributed by atoms with Gasteiger partial charge in [-0.2, -0.15) is 0 Å². The fourth-order valence-corrected chi connectivity index (χ4v) is 2.77. The summed E-state index contributed by atoms with van der Waals surface area (Å²) in [7, 11) is 0. The molecule has 150 valence electrons. The number of likely N-dealkylation sites (tertiary alicyclic amines) is 1. The van der Waals surface area contributed by atoms with E-state index < -0.39 is 35.3 Å². The van der Waals surface area contributed by atoms with E-state index in [1.54, 1.807) is 41.5 Å². The molecule has 7 nitrogen and oxygen atoms in total. The first-order valence-corrected chi connectivity index (χ1v) is 9.24. The SMILES string of the molecule is CC(C)[C@H](NC(=O)OC(C)(C)C)C(=O)N1CCC[C@H]1C(=O)OC(C)(C)C. The van der Waals surface area contributed by atoms with Gasteiger partial charge >= 0.3 is 12.1 Å². The van der Waals surface area contributed by atoms with Crippen LogP contribution in [0, 0.1) is 5.92 Å². The highest BCUT2D eigenvalue weighted by atomic mass is 16.6. The van der Waals surface area contributed by atoms with Crippen molar-refractivity contribution in [1.82, 2.24) is 10.2 Å². The monoisotopic (exact) mass is 370 g/mol. The van der Waals surface area contributed by atoms with Gasteiger partial charge in [-0.05, 0) is 60.3 Å². The van der Waals surface area contributed by atoms with Crippen molar-refractivity contribution in [3.05, 3.63) is 0 Å². The molecule has 0 spiro atoms. The van der Waals surface area contributed by atoms with Crippen molar-refractivity contribution in [1.29, 1.82) is 0 Å². The van der Waals surface area contributed by atoms with Crippen LogP contribution in [0.15, 0.2) is 0 Å². The molecule has 1 N–H and O–H groups in total. The van der Waals surface area contributed by atoms with Gasteiger partial charge in [-0.25, -0.2) is 9.59 Å². The first kappa shape index (κ1) is 22.3. The molecule has 0 bridgehead atoms. The number of carbonyl (C=O) groups excluding carboxylic acids is 3. The summed E-state index contributed by atoms with van der Waals surface area (Å²) in [4.78, 5) is 39.1. The number of rotatable bonds is 4. The Balaban J connectivity index is 2.87. The lowest BCUT2D eigenvalue weighted by molar-refractivity contribution is -0.163. The van der Waals surface area contributed by atoms with E-state index in [4.69, 9.17) is 9.47 Å². The van der Waals surface area contributed by atoms with Crippen LogP contribution in [-0.4, -0.2) is 52.7 Å². The van der Waals surface area contributed by atoms with Crippen LogP contribution < -0.4 is 5.32 Å². The van der Waals surface area contributed by atoms with Crippen LogP contribution in [0.3, 0.4) is 0 Å². The normalized spacial score (nSPS) is 19.3. The molecule has 0 unspecified atom stereocenters. The average Bonchev–Trinajstić information content (AvgIpc) is 2.89. The van der Waals surface area contributed by atoms with Crippen molar-refractivity contribution in [3.63, 3.8) is 0 Å². The third kappa shape index (κ3) is 6.84. The molecular formula is C19H34N2O5. The first-order chi connectivity index (χ1) is 11.7. The summed E-state index contributed by atoms with van der Waals surface area (Å²) in [6, 6.07) is -1.36. The molecule has 2 atom stereocenters. The lowest BCUT2D eigenvalue weighted by Crippen LogP contribution is -2.55. The van der Waals surface area contributed by atoms with Gasteiger partial charge in [0.25, 0.3) is 0 Å². The molecule has 0 aromatic rings. The molecule has 1 aliphatic heterocycles. The number of esters is 1. The van der Waals surface area contributed by atoms with E-state index >= 15 is 0 Å². The summed E-state index contributed by atoms with van der Waals surface area (Å²) >= 11 is 0. The van der Waals surface area contributed by atoms with Gasteiger partial charge in [0.15, 0.2) is 0 Å². The van der Waals surface area contributed by atoms with Crippen LogP contribution in [0.4, 0.5) is 4.79 Å². The maximum Gasteiger partial charge on any atom is 0.408 e.